The van der Waals surface area contributed by atoms with Crippen molar-refractivity contribution in [1.82, 2.24) is 15.2 Å². The highest BCUT2D eigenvalue weighted by atomic mass is 79.9. The van der Waals surface area contributed by atoms with Gasteiger partial charge in [0.05, 0.1) is 0 Å². The van der Waals surface area contributed by atoms with Gasteiger partial charge in [-0.25, -0.2) is 0 Å². The number of nitrogens with one attached hydrogen (secondary N) is 1. The molecule has 21 heavy (non-hydrogen) atoms. The van der Waals surface area contributed by atoms with Gasteiger partial charge in [0.25, 0.3) is 0 Å². The first-order valence-electron chi connectivity index (χ1n) is 6.96. The molecule has 3 rings (SSSR count). The number of H-pyrrole nitrogens is 1. The van der Waals surface area contributed by atoms with E-state index in [4.69, 9.17) is 5.73 Å². The first kappa shape index (κ1) is 15.0. The van der Waals surface area contributed by atoms with Crippen molar-refractivity contribution in [3.8, 4) is 11.4 Å². The maximum atomic E-state index is 6.14. The Morgan fingerprint density at radius 1 is 1.38 bits per heavy atom. The van der Waals surface area contributed by atoms with Gasteiger partial charge in [-0.15, -0.1) is 5.10 Å². The Morgan fingerprint density at radius 3 is 2.95 bits per heavy atom. The number of benzene rings is 1. The van der Waals surface area contributed by atoms with E-state index in [1.54, 1.807) is 0 Å². The van der Waals surface area contributed by atoms with E-state index >= 15 is 0 Å². The molecular weight excluding hydrogens is 398 g/mol. The molecule has 0 aliphatic carbocycles. The normalized spacial score (nSPS) is 22.6. The fourth-order valence-corrected chi connectivity index (χ4v) is 3.87. The van der Waals surface area contributed by atoms with Gasteiger partial charge in [0.1, 0.15) is 0 Å². The molecule has 1 aromatic heterocycles. The number of hydrogen-bond acceptors (Lipinski definition) is 4. The van der Waals surface area contributed by atoms with Crippen molar-refractivity contribution in [1.29, 1.82) is 0 Å². The molecule has 1 aliphatic heterocycles. The predicted molar refractivity (Wildman–Crippen MR) is 91.2 cm³/mol. The minimum absolute atomic E-state index is 0.181. The molecule has 0 spiro atoms. The molecule has 1 aromatic carbocycles. The summed E-state index contributed by atoms with van der Waals surface area (Å²) in [5, 5.41) is 7.39. The van der Waals surface area contributed by atoms with Gasteiger partial charge in [0, 0.05) is 33.1 Å². The van der Waals surface area contributed by atoms with Crippen LogP contribution in [0.25, 0.3) is 11.4 Å². The van der Waals surface area contributed by atoms with Crippen LogP contribution in [0.1, 0.15) is 19.8 Å². The smallest absolute Gasteiger partial charge is 0.245 e. The van der Waals surface area contributed by atoms with Crippen LogP contribution in [0.3, 0.4) is 0 Å². The van der Waals surface area contributed by atoms with Crippen LogP contribution in [-0.4, -0.2) is 33.8 Å². The van der Waals surface area contributed by atoms with Crippen LogP contribution in [0, 0.1) is 0 Å². The minimum Gasteiger partial charge on any atom is -0.335 e. The first-order chi connectivity index (χ1) is 10.1. The zero-order valence-corrected chi connectivity index (χ0v) is 14.9. The lowest BCUT2D eigenvalue weighted by Crippen LogP contribution is -2.50. The summed E-state index contributed by atoms with van der Waals surface area (Å²) in [6.07, 6.45) is 2.14. The zero-order chi connectivity index (χ0) is 15.0. The van der Waals surface area contributed by atoms with E-state index in [0.29, 0.717) is 0 Å². The van der Waals surface area contributed by atoms with Crippen LogP contribution >= 0.6 is 31.9 Å². The third-order valence-corrected chi connectivity index (χ3v) is 5.11. The lowest BCUT2D eigenvalue weighted by Gasteiger charge is -2.36. The summed E-state index contributed by atoms with van der Waals surface area (Å²) in [4.78, 5) is 6.82. The van der Waals surface area contributed by atoms with Gasteiger partial charge in [-0.05, 0) is 53.9 Å². The Labute approximate surface area is 140 Å². The van der Waals surface area contributed by atoms with E-state index in [9.17, 15) is 0 Å². The molecule has 1 aliphatic rings. The molecule has 7 heteroatoms. The first-order valence-corrected chi connectivity index (χ1v) is 8.55. The molecule has 112 valence electrons. The number of aromatic amines is 1. The molecule has 0 bridgehead atoms. The maximum absolute atomic E-state index is 6.14. The second-order valence-corrected chi connectivity index (χ2v) is 7.12. The number of halogens is 2. The number of piperidine rings is 1. The SMILES string of the molecule is CC1C(N)CCCN1c1n[nH]c(-c2ccc(Br)cc2Br)n1. The largest absolute Gasteiger partial charge is 0.335 e. The Hall–Kier alpha value is -0.920. The molecule has 5 nitrogen and oxygen atoms in total. The summed E-state index contributed by atoms with van der Waals surface area (Å²) in [6.45, 7) is 3.09. The van der Waals surface area contributed by atoms with E-state index in [2.05, 4.69) is 58.9 Å². The number of rotatable bonds is 2. The molecule has 2 unspecified atom stereocenters. The van der Waals surface area contributed by atoms with Gasteiger partial charge in [0.15, 0.2) is 5.82 Å². The lowest BCUT2D eigenvalue weighted by molar-refractivity contribution is 0.416. The van der Waals surface area contributed by atoms with Gasteiger partial charge in [-0.1, -0.05) is 15.9 Å². The van der Waals surface area contributed by atoms with E-state index in [0.717, 1.165) is 45.7 Å². The van der Waals surface area contributed by atoms with Crippen molar-refractivity contribution in [2.75, 3.05) is 11.4 Å². The average Bonchev–Trinajstić information content (AvgIpc) is 2.91. The summed E-state index contributed by atoms with van der Waals surface area (Å²) < 4.78 is 2.00. The second-order valence-electron chi connectivity index (χ2n) is 5.35. The van der Waals surface area contributed by atoms with Gasteiger partial charge < -0.3 is 10.6 Å². The highest BCUT2D eigenvalue weighted by Gasteiger charge is 2.27. The summed E-state index contributed by atoms with van der Waals surface area (Å²) in [6, 6.07) is 6.43. The van der Waals surface area contributed by atoms with E-state index < -0.39 is 0 Å². The van der Waals surface area contributed by atoms with Crippen molar-refractivity contribution < 1.29 is 0 Å². The Kier molecular flexibility index (Phi) is 4.33. The van der Waals surface area contributed by atoms with Gasteiger partial charge in [-0.2, -0.15) is 4.98 Å². The molecule has 0 amide bonds. The fourth-order valence-electron chi connectivity index (χ4n) is 2.64. The Morgan fingerprint density at radius 2 is 2.19 bits per heavy atom. The molecule has 0 radical (unpaired) electrons. The molecule has 2 aromatic rings. The van der Waals surface area contributed by atoms with Crippen LogP contribution in [0.15, 0.2) is 27.1 Å². The standard InChI is InChI=1S/C14H17Br2N5/c1-8-12(17)3-2-6-21(8)14-18-13(19-20-14)10-5-4-9(15)7-11(10)16/h4-5,7-8,12H,2-3,6,17H2,1H3,(H,18,19,20). The number of anilines is 1. The summed E-state index contributed by atoms with van der Waals surface area (Å²) in [5.41, 5.74) is 7.14. The van der Waals surface area contributed by atoms with Crippen LogP contribution in [0.5, 0.6) is 0 Å². The summed E-state index contributed by atoms with van der Waals surface area (Å²) >= 11 is 7.01. The number of hydrogen-bond donors (Lipinski definition) is 2. The van der Waals surface area contributed by atoms with Crippen molar-refractivity contribution >= 4 is 37.8 Å². The molecule has 0 saturated carbocycles. The topological polar surface area (TPSA) is 70.8 Å². The molecule has 2 heterocycles. The molecule has 1 fully saturated rings. The van der Waals surface area contributed by atoms with Crippen LogP contribution in [0.4, 0.5) is 5.95 Å². The number of nitrogens with zero attached hydrogens (tertiary/aromatic N) is 3. The van der Waals surface area contributed by atoms with Crippen LogP contribution in [-0.2, 0) is 0 Å². The van der Waals surface area contributed by atoms with Crippen molar-refractivity contribution in [3.63, 3.8) is 0 Å². The van der Waals surface area contributed by atoms with Gasteiger partial charge >= 0.3 is 0 Å². The Bertz CT molecular complexity index is 642. The predicted octanol–water partition coefficient (Wildman–Crippen LogP) is 3.31. The van der Waals surface area contributed by atoms with E-state index in [1.165, 1.54) is 0 Å². The average molecular weight is 415 g/mol. The maximum Gasteiger partial charge on any atom is 0.245 e. The highest BCUT2D eigenvalue weighted by molar-refractivity contribution is 9.11. The van der Waals surface area contributed by atoms with Crippen LogP contribution in [0.2, 0.25) is 0 Å². The number of aromatic nitrogens is 3. The van der Waals surface area contributed by atoms with Crippen molar-refractivity contribution in [2.24, 2.45) is 5.73 Å². The van der Waals surface area contributed by atoms with Crippen LogP contribution < -0.4 is 10.6 Å². The minimum atomic E-state index is 0.181. The second kappa shape index (κ2) is 6.06. The fraction of sp³-hybridized carbons (Fsp3) is 0.429. The molecular formula is C14H17Br2N5. The summed E-state index contributed by atoms with van der Waals surface area (Å²) in [7, 11) is 0. The zero-order valence-electron chi connectivity index (χ0n) is 11.7. The third-order valence-electron chi connectivity index (χ3n) is 3.96. The van der Waals surface area contributed by atoms with Crippen molar-refractivity contribution in [3.05, 3.63) is 27.1 Å². The van der Waals surface area contributed by atoms with E-state index in [-0.39, 0.29) is 12.1 Å². The molecule has 2 atom stereocenters. The molecule has 1 saturated heterocycles. The highest BCUT2D eigenvalue weighted by Crippen LogP contribution is 2.30. The monoisotopic (exact) mass is 413 g/mol. The van der Waals surface area contributed by atoms with Gasteiger partial charge in [0.2, 0.25) is 5.95 Å². The van der Waals surface area contributed by atoms with Gasteiger partial charge in [-0.3, -0.25) is 5.10 Å². The van der Waals surface area contributed by atoms with Crippen molar-refractivity contribution in [2.45, 2.75) is 31.8 Å². The van der Waals surface area contributed by atoms with E-state index in [1.807, 2.05) is 18.2 Å². The summed E-state index contributed by atoms with van der Waals surface area (Å²) in [5.74, 6) is 1.48. The molecule has 3 N–H and O–H groups in total. The lowest BCUT2D eigenvalue weighted by atomic mass is 9.99. The quantitative estimate of drug-likeness (QED) is 0.790. The Balaban J connectivity index is 1.89. The number of nitrogens with two attached hydrogens (primary N) is 1. The third kappa shape index (κ3) is 3.00.